The zero-order valence-corrected chi connectivity index (χ0v) is 13.5. The van der Waals surface area contributed by atoms with Crippen molar-refractivity contribution in [3.8, 4) is 0 Å². The van der Waals surface area contributed by atoms with Gasteiger partial charge in [-0.05, 0) is 27.7 Å². The number of aliphatic carboxylic acids is 1. The summed E-state index contributed by atoms with van der Waals surface area (Å²) in [5.74, 6) is -1.11. The van der Waals surface area contributed by atoms with Gasteiger partial charge >= 0.3 is 5.97 Å². The summed E-state index contributed by atoms with van der Waals surface area (Å²) in [6, 6.07) is 0. The van der Waals surface area contributed by atoms with E-state index in [0.717, 1.165) is 4.68 Å². The highest BCUT2D eigenvalue weighted by atomic mass is 35.5. The fourth-order valence-electron chi connectivity index (χ4n) is 1.48. The monoisotopic (exact) mass is 323 g/mol. The van der Waals surface area contributed by atoms with Crippen LogP contribution in [0.5, 0.6) is 0 Å². The molecular weight excluding hydrogens is 306 g/mol. The van der Waals surface area contributed by atoms with Crippen molar-refractivity contribution in [2.75, 3.05) is 0 Å². The molecule has 0 aliphatic carbocycles. The van der Waals surface area contributed by atoms with E-state index in [-0.39, 0.29) is 10.0 Å². The van der Waals surface area contributed by atoms with Gasteiger partial charge in [0.2, 0.25) is 0 Å². The molecule has 0 radical (unpaired) electrons. The zero-order chi connectivity index (χ0) is 15.9. The first-order chi connectivity index (χ1) is 8.83. The summed E-state index contributed by atoms with van der Waals surface area (Å²) >= 11 is 5.82. The first-order valence-electron chi connectivity index (χ1n) is 5.78. The van der Waals surface area contributed by atoms with Crippen molar-refractivity contribution in [3.05, 3.63) is 11.2 Å². The molecule has 0 aliphatic rings. The van der Waals surface area contributed by atoms with Crippen LogP contribution in [0.1, 0.15) is 27.7 Å². The summed E-state index contributed by atoms with van der Waals surface area (Å²) in [5.41, 5.74) is -2.55. The van der Waals surface area contributed by atoms with E-state index in [1.807, 2.05) is 0 Å². The van der Waals surface area contributed by atoms with Crippen molar-refractivity contribution < 1.29 is 18.3 Å². The van der Waals surface area contributed by atoms with Crippen LogP contribution in [-0.4, -0.2) is 34.8 Å². The molecule has 9 heteroatoms. The van der Waals surface area contributed by atoms with E-state index in [4.69, 9.17) is 11.6 Å². The van der Waals surface area contributed by atoms with Crippen LogP contribution in [0.15, 0.2) is 11.2 Å². The maximum Gasteiger partial charge on any atom is 0.310 e. The van der Waals surface area contributed by atoms with Gasteiger partial charge in [0.1, 0.15) is 0 Å². The van der Waals surface area contributed by atoms with Gasteiger partial charge in [0, 0.05) is 12.6 Å². The van der Waals surface area contributed by atoms with E-state index in [1.165, 1.54) is 40.9 Å². The zero-order valence-electron chi connectivity index (χ0n) is 11.9. The molecule has 20 heavy (non-hydrogen) atoms. The van der Waals surface area contributed by atoms with Gasteiger partial charge < -0.3 is 5.11 Å². The average Bonchev–Trinajstić information content (AvgIpc) is 2.56. The quantitative estimate of drug-likeness (QED) is 0.849. The molecule has 1 heterocycles. The Morgan fingerprint density at radius 1 is 1.40 bits per heavy atom. The maximum atomic E-state index is 12.4. The number of nitrogens with one attached hydrogen (secondary N) is 1. The van der Waals surface area contributed by atoms with Crippen molar-refractivity contribution >= 4 is 27.6 Å². The molecule has 0 fully saturated rings. The summed E-state index contributed by atoms with van der Waals surface area (Å²) in [4.78, 5) is 11.3. The fourth-order valence-corrected chi connectivity index (χ4v) is 3.68. The number of rotatable bonds is 5. The Morgan fingerprint density at radius 3 is 2.25 bits per heavy atom. The number of hydrogen-bond donors (Lipinski definition) is 2. The van der Waals surface area contributed by atoms with Gasteiger partial charge in [-0.2, -0.15) is 5.10 Å². The van der Waals surface area contributed by atoms with Gasteiger partial charge in [0.05, 0.1) is 16.6 Å². The Balaban J connectivity index is 3.25. The summed E-state index contributed by atoms with van der Waals surface area (Å²) < 4.78 is 28.2. The van der Waals surface area contributed by atoms with E-state index in [9.17, 15) is 18.3 Å². The number of halogens is 1. The van der Waals surface area contributed by atoms with Crippen LogP contribution in [0, 0.1) is 5.41 Å². The Kier molecular flexibility index (Phi) is 4.24. The first kappa shape index (κ1) is 16.9. The third kappa shape index (κ3) is 2.82. The highest BCUT2D eigenvalue weighted by Gasteiger charge is 2.46. The van der Waals surface area contributed by atoms with Crippen LogP contribution >= 0.6 is 11.6 Å². The molecule has 1 aromatic rings. The van der Waals surface area contributed by atoms with Gasteiger partial charge in [0.15, 0.2) is 5.03 Å². The molecule has 1 aromatic heterocycles. The van der Waals surface area contributed by atoms with Gasteiger partial charge in [-0.1, -0.05) is 11.6 Å². The van der Waals surface area contributed by atoms with Crippen molar-refractivity contribution in [1.82, 2.24) is 14.5 Å². The molecule has 0 saturated heterocycles. The van der Waals surface area contributed by atoms with Crippen LogP contribution < -0.4 is 4.72 Å². The van der Waals surface area contributed by atoms with Crippen LogP contribution in [0.4, 0.5) is 0 Å². The molecule has 0 amide bonds. The minimum Gasteiger partial charge on any atom is -0.481 e. The largest absolute Gasteiger partial charge is 0.481 e. The summed E-state index contributed by atoms with van der Waals surface area (Å²) in [7, 11) is -2.56. The summed E-state index contributed by atoms with van der Waals surface area (Å²) in [6.07, 6.45) is 1.21. The molecule has 1 rings (SSSR count). The lowest BCUT2D eigenvalue weighted by Crippen LogP contribution is -2.57. The molecule has 0 spiro atoms. The van der Waals surface area contributed by atoms with Gasteiger partial charge in [-0.3, -0.25) is 9.48 Å². The van der Waals surface area contributed by atoms with Crippen LogP contribution in [0.3, 0.4) is 0 Å². The number of carboxylic acids is 1. The smallest absolute Gasteiger partial charge is 0.310 e. The number of aromatic nitrogens is 2. The second kappa shape index (κ2) is 5.01. The Hall–Kier alpha value is -1.12. The summed E-state index contributed by atoms with van der Waals surface area (Å²) in [5, 5.41) is 12.8. The lowest BCUT2D eigenvalue weighted by atomic mass is 9.75. The molecule has 114 valence electrons. The molecule has 0 aliphatic heterocycles. The minimum atomic E-state index is -4.00. The lowest BCUT2D eigenvalue weighted by molar-refractivity contribution is -0.150. The fraction of sp³-hybridized carbons (Fsp3) is 0.636. The van der Waals surface area contributed by atoms with Gasteiger partial charge in [-0.25, -0.2) is 13.1 Å². The second-order valence-corrected chi connectivity index (χ2v) is 7.59. The molecule has 2 N–H and O–H groups in total. The highest BCUT2D eigenvalue weighted by molar-refractivity contribution is 7.89. The highest BCUT2D eigenvalue weighted by Crippen LogP contribution is 2.33. The van der Waals surface area contributed by atoms with Gasteiger partial charge in [-0.15, -0.1) is 0 Å². The van der Waals surface area contributed by atoms with Crippen LogP contribution in [0.2, 0.25) is 5.02 Å². The number of hydrogen-bond acceptors (Lipinski definition) is 4. The molecular formula is C11H18ClN3O4S. The Labute approximate surface area is 123 Å². The molecule has 0 saturated carbocycles. The first-order valence-corrected chi connectivity index (χ1v) is 7.64. The van der Waals surface area contributed by atoms with Crippen molar-refractivity contribution in [2.45, 2.75) is 38.3 Å². The molecule has 0 bridgehead atoms. The van der Waals surface area contributed by atoms with Crippen LogP contribution in [0.25, 0.3) is 0 Å². The molecule has 7 nitrogen and oxygen atoms in total. The van der Waals surface area contributed by atoms with Crippen molar-refractivity contribution in [3.63, 3.8) is 0 Å². The van der Waals surface area contributed by atoms with E-state index in [0.29, 0.717) is 0 Å². The Bertz CT molecular complexity index is 615. The van der Waals surface area contributed by atoms with Crippen molar-refractivity contribution in [1.29, 1.82) is 0 Å². The minimum absolute atomic E-state index is 0.0241. The van der Waals surface area contributed by atoms with Crippen molar-refractivity contribution in [2.24, 2.45) is 12.5 Å². The van der Waals surface area contributed by atoms with E-state index in [1.54, 1.807) is 0 Å². The number of carboxylic acid groups (broad SMARTS) is 1. The number of aryl methyl sites for hydroxylation is 1. The second-order valence-electron chi connectivity index (χ2n) is 5.58. The topological polar surface area (TPSA) is 101 Å². The summed E-state index contributed by atoms with van der Waals surface area (Å²) in [6.45, 7) is 5.90. The standard InChI is InChI=1S/C11H18ClN3O4S/c1-10(2,9(16)17)11(3,4)14-20(18,19)8-7(12)6-13-15(8)5/h6,14H,1-5H3,(H,16,17). The third-order valence-electron chi connectivity index (χ3n) is 3.58. The molecule has 0 unspecified atom stereocenters. The van der Waals surface area contributed by atoms with Crippen LogP contribution in [-0.2, 0) is 21.9 Å². The Morgan fingerprint density at radius 2 is 1.90 bits per heavy atom. The van der Waals surface area contributed by atoms with E-state index in [2.05, 4.69) is 9.82 Å². The number of nitrogens with zero attached hydrogens (tertiary/aromatic N) is 2. The maximum absolute atomic E-state index is 12.4. The normalized spacial score (nSPS) is 13.5. The average molecular weight is 324 g/mol. The molecule has 0 atom stereocenters. The SMILES string of the molecule is Cn1ncc(Cl)c1S(=O)(=O)NC(C)(C)C(C)(C)C(=O)O. The van der Waals surface area contributed by atoms with Gasteiger partial charge in [0.25, 0.3) is 10.0 Å². The molecule has 0 aromatic carbocycles. The number of sulfonamides is 1. The predicted molar refractivity (Wildman–Crippen MR) is 74.0 cm³/mol. The lowest BCUT2D eigenvalue weighted by Gasteiger charge is -2.38. The predicted octanol–water partition coefficient (Wildman–Crippen LogP) is 1.24. The van der Waals surface area contributed by atoms with E-state index < -0.39 is 26.9 Å². The third-order valence-corrected chi connectivity index (χ3v) is 5.74. The number of carbonyl (C=O) groups is 1. The van der Waals surface area contributed by atoms with E-state index >= 15 is 0 Å².